The van der Waals surface area contributed by atoms with Gasteiger partial charge in [0.1, 0.15) is 16.2 Å². The molecule has 10 nitrogen and oxygen atoms in total. The van der Waals surface area contributed by atoms with Gasteiger partial charge in [0.2, 0.25) is 10.0 Å². The summed E-state index contributed by atoms with van der Waals surface area (Å²) in [6.45, 7) is 6.43. The highest BCUT2D eigenvalue weighted by molar-refractivity contribution is 7.92. The van der Waals surface area contributed by atoms with Crippen LogP contribution in [0.25, 0.3) is 0 Å². The van der Waals surface area contributed by atoms with E-state index in [1.807, 2.05) is 6.92 Å². The molecule has 186 valence electrons. The minimum Gasteiger partial charge on any atom is -0.511 e. The molecule has 2 aliphatic heterocycles. The van der Waals surface area contributed by atoms with Crippen LogP contribution in [0.2, 0.25) is 0 Å². The van der Waals surface area contributed by atoms with E-state index in [9.17, 15) is 26.7 Å². The molecule has 2 heterocycles. The molecule has 1 aromatic carbocycles. The third kappa shape index (κ3) is 4.78. The van der Waals surface area contributed by atoms with Gasteiger partial charge in [0.15, 0.2) is 5.84 Å². The first-order chi connectivity index (χ1) is 15.7. The van der Waals surface area contributed by atoms with Gasteiger partial charge in [-0.2, -0.15) is 8.42 Å². The van der Waals surface area contributed by atoms with Crippen LogP contribution in [0.15, 0.2) is 38.8 Å². The van der Waals surface area contributed by atoms with Gasteiger partial charge < -0.3 is 15.3 Å². The smallest absolute Gasteiger partial charge is 0.286 e. The Kier molecular flexibility index (Phi) is 5.96. The fourth-order valence-electron chi connectivity index (χ4n) is 4.31. The number of amides is 1. The van der Waals surface area contributed by atoms with Crippen molar-refractivity contribution in [3.05, 3.63) is 29.5 Å². The van der Waals surface area contributed by atoms with Crippen LogP contribution < -0.4 is 10.0 Å². The van der Waals surface area contributed by atoms with Crippen molar-refractivity contribution in [2.75, 3.05) is 22.8 Å². The summed E-state index contributed by atoms with van der Waals surface area (Å²) in [5.41, 5.74) is -0.642. The summed E-state index contributed by atoms with van der Waals surface area (Å²) in [5.74, 6) is -0.426. The van der Waals surface area contributed by atoms with Crippen molar-refractivity contribution < 1.29 is 26.7 Å². The third-order valence-electron chi connectivity index (χ3n) is 6.33. The van der Waals surface area contributed by atoms with Gasteiger partial charge >= 0.3 is 0 Å². The molecule has 1 fully saturated rings. The number of aliphatic hydroxyl groups is 1. The predicted molar refractivity (Wildman–Crippen MR) is 130 cm³/mol. The lowest BCUT2D eigenvalue weighted by atomic mass is 9.76. The van der Waals surface area contributed by atoms with Crippen LogP contribution in [-0.2, 0) is 24.8 Å². The molecular formula is C22H30N4O6S2. The van der Waals surface area contributed by atoms with Gasteiger partial charge in [-0.05, 0) is 49.8 Å². The quantitative estimate of drug-likeness (QED) is 0.511. The van der Waals surface area contributed by atoms with Crippen LogP contribution in [-0.4, -0.2) is 57.4 Å². The van der Waals surface area contributed by atoms with Crippen LogP contribution >= 0.6 is 0 Å². The number of benzene rings is 1. The number of anilines is 2. The van der Waals surface area contributed by atoms with Crippen LogP contribution in [0, 0.1) is 11.3 Å². The second-order valence-electron chi connectivity index (χ2n) is 10.0. The Morgan fingerprint density at radius 1 is 1.32 bits per heavy atom. The molecule has 0 aromatic heterocycles. The van der Waals surface area contributed by atoms with E-state index in [0.717, 1.165) is 25.5 Å². The normalized spacial score (nSPS) is 24.6. The predicted octanol–water partition coefficient (Wildman–Crippen LogP) is 2.83. The highest BCUT2D eigenvalue weighted by Gasteiger charge is 2.48. The zero-order valence-electron chi connectivity index (χ0n) is 19.6. The van der Waals surface area contributed by atoms with Crippen molar-refractivity contribution in [3.63, 3.8) is 0 Å². The zero-order chi connectivity index (χ0) is 25.1. The van der Waals surface area contributed by atoms with Gasteiger partial charge in [-0.3, -0.25) is 9.52 Å². The molecule has 1 saturated carbocycles. The van der Waals surface area contributed by atoms with E-state index in [4.69, 9.17) is 0 Å². The number of hydrogen-bond acceptors (Lipinski definition) is 7. The Morgan fingerprint density at radius 2 is 2.00 bits per heavy atom. The lowest BCUT2D eigenvalue weighted by Gasteiger charge is -2.41. The number of carbonyl (C=O) groups excluding carboxylic acids is 1. The number of hydrogen-bond donors (Lipinski definition) is 3. The summed E-state index contributed by atoms with van der Waals surface area (Å²) in [6, 6.07) is 4.05. The van der Waals surface area contributed by atoms with Crippen molar-refractivity contribution in [3.8, 4) is 0 Å². The number of aliphatic hydroxyl groups excluding tert-OH is 1. The van der Waals surface area contributed by atoms with Crippen molar-refractivity contribution in [1.82, 2.24) is 4.90 Å². The number of carbonyl (C=O) groups is 1. The van der Waals surface area contributed by atoms with Crippen molar-refractivity contribution >= 4 is 43.2 Å². The van der Waals surface area contributed by atoms with Crippen LogP contribution in [0.1, 0.15) is 46.5 Å². The highest BCUT2D eigenvalue weighted by atomic mass is 32.2. The molecule has 4 rings (SSSR count). The van der Waals surface area contributed by atoms with Gasteiger partial charge in [0, 0.05) is 23.7 Å². The lowest BCUT2D eigenvalue weighted by Crippen LogP contribution is -2.50. The molecule has 12 heteroatoms. The SMILES string of the molecule is CC(C)CC[C@]1(C)CN(C2CC2)C(=O)C(C2=NS(=O)(=O)c3cc(NS(C)(=O)=O)ccc3N2)=C1O. The molecule has 0 radical (unpaired) electrons. The number of nitrogens with zero attached hydrogens (tertiary/aromatic N) is 2. The van der Waals surface area contributed by atoms with E-state index in [-0.39, 0.29) is 39.5 Å². The van der Waals surface area contributed by atoms with E-state index in [1.165, 1.54) is 18.2 Å². The molecule has 1 amide bonds. The van der Waals surface area contributed by atoms with Crippen LogP contribution in [0.4, 0.5) is 11.4 Å². The minimum absolute atomic E-state index is 0.0715. The maximum atomic E-state index is 13.4. The Labute approximate surface area is 200 Å². The van der Waals surface area contributed by atoms with E-state index in [1.54, 1.807) is 4.90 Å². The molecule has 34 heavy (non-hydrogen) atoms. The summed E-state index contributed by atoms with van der Waals surface area (Å²) in [5, 5.41) is 14.2. The fraction of sp³-hybridized carbons (Fsp3) is 0.545. The average molecular weight is 511 g/mol. The van der Waals surface area contributed by atoms with E-state index in [2.05, 4.69) is 28.3 Å². The number of amidine groups is 1. The largest absolute Gasteiger partial charge is 0.511 e. The number of fused-ring (bicyclic) bond motifs is 1. The molecular weight excluding hydrogens is 480 g/mol. The number of rotatable bonds is 7. The Hall–Kier alpha value is -2.60. The average Bonchev–Trinajstić information content (AvgIpc) is 3.54. The molecule has 0 saturated heterocycles. The van der Waals surface area contributed by atoms with Gasteiger partial charge in [0.05, 0.1) is 11.9 Å². The van der Waals surface area contributed by atoms with Crippen molar-refractivity contribution in [2.45, 2.75) is 57.4 Å². The first-order valence-corrected chi connectivity index (χ1v) is 14.5. The van der Waals surface area contributed by atoms with Crippen LogP contribution in [0.3, 0.4) is 0 Å². The van der Waals surface area contributed by atoms with E-state index < -0.39 is 31.4 Å². The third-order valence-corrected chi connectivity index (χ3v) is 8.25. The Morgan fingerprint density at radius 3 is 2.59 bits per heavy atom. The summed E-state index contributed by atoms with van der Waals surface area (Å²) in [7, 11) is -7.88. The van der Waals surface area contributed by atoms with Crippen LogP contribution in [0.5, 0.6) is 0 Å². The first kappa shape index (κ1) is 24.5. The van der Waals surface area contributed by atoms with Gasteiger partial charge in [-0.1, -0.05) is 20.8 Å². The standard InChI is InChI=1S/C22H30N4O6S2/c1-13(2)9-10-22(3)12-26(15-6-7-15)21(28)18(19(22)27)20-23-16-8-5-14(24-33(4,29)30)11-17(16)34(31,32)25-20/h5,8,11,13,15,24,27H,6-7,9-10,12H2,1-4H3,(H,23,25)/t22-/m1/s1. The molecule has 0 unspecified atom stereocenters. The molecule has 0 spiro atoms. The Balaban J connectivity index is 1.77. The van der Waals surface area contributed by atoms with Gasteiger partial charge in [-0.15, -0.1) is 4.40 Å². The van der Waals surface area contributed by atoms with Gasteiger partial charge in [0.25, 0.3) is 15.9 Å². The molecule has 3 aliphatic rings. The minimum atomic E-state index is -4.28. The molecule has 3 N–H and O–H groups in total. The number of sulfonamides is 2. The zero-order valence-corrected chi connectivity index (χ0v) is 21.3. The summed E-state index contributed by atoms with van der Waals surface area (Å²) < 4.78 is 55.2. The molecule has 0 bridgehead atoms. The Bertz CT molecular complexity index is 1310. The van der Waals surface area contributed by atoms with Crippen molar-refractivity contribution in [2.24, 2.45) is 15.7 Å². The number of nitrogens with one attached hydrogen (secondary N) is 2. The lowest BCUT2D eigenvalue weighted by molar-refractivity contribution is -0.130. The van der Waals surface area contributed by atoms with E-state index >= 15 is 0 Å². The maximum absolute atomic E-state index is 13.4. The van der Waals surface area contributed by atoms with E-state index in [0.29, 0.717) is 18.9 Å². The summed E-state index contributed by atoms with van der Waals surface area (Å²) in [6.07, 6.45) is 4.17. The second kappa shape index (κ2) is 8.26. The topological polar surface area (TPSA) is 145 Å². The second-order valence-corrected chi connectivity index (χ2v) is 13.3. The van der Waals surface area contributed by atoms with Crippen molar-refractivity contribution in [1.29, 1.82) is 0 Å². The molecule has 1 aromatic rings. The maximum Gasteiger partial charge on any atom is 0.286 e. The summed E-state index contributed by atoms with van der Waals surface area (Å²) in [4.78, 5) is 14.9. The summed E-state index contributed by atoms with van der Waals surface area (Å²) >= 11 is 0. The van der Waals surface area contributed by atoms with Gasteiger partial charge in [-0.25, -0.2) is 8.42 Å². The first-order valence-electron chi connectivity index (χ1n) is 11.2. The fourth-order valence-corrected chi connectivity index (χ4v) is 6.02. The molecule has 1 aliphatic carbocycles. The highest BCUT2D eigenvalue weighted by Crippen LogP contribution is 2.44. The molecule has 1 atom stereocenters. The monoisotopic (exact) mass is 510 g/mol.